The van der Waals surface area contributed by atoms with Crippen LogP contribution < -0.4 is 5.32 Å². The van der Waals surface area contributed by atoms with Crippen molar-refractivity contribution in [3.8, 4) is 11.1 Å². The van der Waals surface area contributed by atoms with Crippen LogP contribution in [0, 0.1) is 5.92 Å². The van der Waals surface area contributed by atoms with E-state index in [9.17, 15) is 14.4 Å². The molecule has 8 heteroatoms. The maximum Gasteiger partial charge on any atom is 0.407 e. The summed E-state index contributed by atoms with van der Waals surface area (Å²) in [6, 6.07) is 19.4. The molecule has 1 unspecified atom stereocenters. The number of likely N-dealkylation sites (tertiary alicyclic amines) is 1. The van der Waals surface area contributed by atoms with Crippen LogP contribution in [0.25, 0.3) is 11.1 Å². The standard InChI is InChI=1S/C26H24N2O6/c29-24(28-12-11-16(14-28)25(30)31)23-10-9-17(34-23)13-27-26(32)33-15-22-20-7-3-1-5-18(20)19-6-2-4-8-21(19)22/h1-10,16,22H,11-15H2,(H,27,32)(H,30,31). The monoisotopic (exact) mass is 460 g/mol. The van der Waals surface area contributed by atoms with E-state index in [1.54, 1.807) is 6.07 Å². The minimum atomic E-state index is -0.900. The maximum atomic E-state index is 12.5. The number of amides is 2. The van der Waals surface area contributed by atoms with Gasteiger partial charge in [0.25, 0.3) is 5.91 Å². The number of benzene rings is 2. The summed E-state index contributed by atoms with van der Waals surface area (Å²) in [6.07, 6.45) is -0.146. The second-order valence-electron chi connectivity index (χ2n) is 8.52. The van der Waals surface area contributed by atoms with Gasteiger partial charge < -0.3 is 24.5 Å². The van der Waals surface area contributed by atoms with Gasteiger partial charge in [0.2, 0.25) is 0 Å². The Labute approximate surface area is 196 Å². The van der Waals surface area contributed by atoms with Gasteiger partial charge in [0, 0.05) is 19.0 Å². The second kappa shape index (κ2) is 9.05. The Bertz CT molecular complexity index is 1200. The average Bonchev–Trinajstić information content (AvgIpc) is 3.59. The quantitative estimate of drug-likeness (QED) is 0.578. The van der Waals surface area contributed by atoms with Crippen LogP contribution in [0.5, 0.6) is 0 Å². The van der Waals surface area contributed by atoms with E-state index in [1.807, 2.05) is 24.3 Å². The summed E-state index contributed by atoms with van der Waals surface area (Å²) >= 11 is 0. The molecule has 2 N–H and O–H groups in total. The van der Waals surface area contributed by atoms with Gasteiger partial charge in [-0.1, -0.05) is 48.5 Å². The molecule has 3 aromatic rings. The number of rotatable bonds is 6. The minimum Gasteiger partial charge on any atom is -0.481 e. The van der Waals surface area contributed by atoms with Crippen molar-refractivity contribution in [3.63, 3.8) is 0 Å². The van der Waals surface area contributed by atoms with E-state index in [0.29, 0.717) is 18.7 Å². The van der Waals surface area contributed by atoms with Crippen molar-refractivity contribution in [2.75, 3.05) is 19.7 Å². The van der Waals surface area contributed by atoms with Crippen LogP contribution in [0.2, 0.25) is 0 Å². The SMILES string of the molecule is O=C(NCc1ccc(C(=O)N2CCC(C(=O)O)C2)o1)OCC1c2ccccc2-c2ccccc21. The number of carbonyl (C=O) groups excluding carboxylic acids is 2. The van der Waals surface area contributed by atoms with Crippen LogP contribution in [0.4, 0.5) is 4.79 Å². The molecule has 2 amide bonds. The molecule has 1 atom stereocenters. The van der Waals surface area contributed by atoms with Crippen LogP contribution in [0.3, 0.4) is 0 Å². The Morgan fingerprint density at radius 2 is 1.68 bits per heavy atom. The van der Waals surface area contributed by atoms with Gasteiger partial charge in [-0.15, -0.1) is 0 Å². The van der Waals surface area contributed by atoms with Crippen molar-refractivity contribution < 1.29 is 28.6 Å². The predicted molar refractivity (Wildman–Crippen MR) is 122 cm³/mol. The van der Waals surface area contributed by atoms with Crippen molar-refractivity contribution in [1.82, 2.24) is 10.2 Å². The number of carboxylic acid groups (broad SMARTS) is 1. The van der Waals surface area contributed by atoms with Gasteiger partial charge in [-0.2, -0.15) is 0 Å². The van der Waals surface area contributed by atoms with Crippen LogP contribution in [-0.4, -0.2) is 47.7 Å². The van der Waals surface area contributed by atoms with Gasteiger partial charge >= 0.3 is 12.1 Å². The van der Waals surface area contributed by atoms with Crippen molar-refractivity contribution in [1.29, 1.82) is 0 Å². The highest BCUT2D eigenvalue weighted by atomic mass is 16.5. The number of ether oxygens (including phenoxy) is 1. The number of nitrogens with one attached hydrogen (secondary N) is 1. The molecule has 0 bridgehead atoms. The molecule has 8 nitrogen and oxygen atoms in total. The summed E-state index contributed by atoms with van der Waals surface area (Å²) in [5.41, 5.74) is 4.59. The minimum absolute atomic E-state index is 0.0268. The first-order valence-corrected chi connectivity index (χ1v) is 11.2. The molecule has 0 spiro atoms. The first-order chi connectivity index (χ1) is 16.5. The lowest BCUT2D eigenvalue weighted by atomic mass is 9.98. The Hall–Kier alpha value is -4.07. The first-order valence-electron chi connectivity index (χ1n) is 11.2. The molecular formula is C26H24N2O6. The predicted octanol–water partition coefficient (Wildman–Crippen LogP) is 3.87. The molecule has 174 valence electrons. The van der Waals surface area contributed by atoms with E-state index in [1.165, 1.54) is 11.0 Å². The summed E-state index contributed by atoms with van der Waals surface area (Å²) in [6.45, 7) is 0.829. The molecule has 1 aliphatic carbocycles. The third kappa shape index (κ3) is 4.14. The molecule has 2 aliphatic rings. The lowest BCUT2D eigenvalue weighted by Gasteiger charge is -2.14. The van der Waals surface area contributed by atoms with E-state index >= 15 is 0 Å². The van der Waals surface area contributed by atoms with Crippen molar-refractivity contribution >= 4 is 18.0 Å². The molecule has 1 aliphatic heterocycles. The fourth-order valence-corrected chi connectivity index (χ4v) is 4.70. The smallest absolute Gasteiger partial charge is 0.407 e. The normalized spacial score (nSPS) is 16.7. The number of carboxylic acids is 1. The second-order valence-corrected chi connectivity index (χ2v) is 8.52. The van der Waals surface area contributed by atoms with E-state index in [0.717, 1.165) is 22.3 Å². The highest BCUT2D eigenvalue weighted by Gasteiger charge is 2.32. The summed E-state index contributed by atoms with van der Waals surface area (Å²) in [7, 11) is 0. The zero-order valence-electron chi connectivity index (χ0n) is 18.4. The van der Waals surface area contributed by atoms with Gasteiger partial charge in [0.15, 0.2) is 5.76 Å². The number of carbonyl (C=O) groups is 3. The zero-order valence-corrected chi connectivity index (χ0v) is 18.4. The van der Waals surface area contributed by atoms with Crippen LogP contribution >= 0.6 is 0 Å². The largest absolute Gasteiger partial charge is 0.481 e. The molecule has 0 saturated carbocycles. The van der Waals surface area contributed by atoms with Crippen LogP contribution in [0.15, 0.2) is 65.1 Å². The van der Waals surface area contributed by atoms with Gasteiger partial charge in [-0.05, 0) is 40.8 Å². The molecule has 34 heavy (non-hydrogen) atoms. The fraction of sp³-hybridized carbons (Fsp3) is 0.269. The van der Waals surface area contributed by atoms with E-state index in [2.05, 4.69) is 29.6 Å². The van der Waals surface area contributed by atoms with Crippen LogP contribution in [-0.2, 0) is 16.1 Å². The van der Waals surface area contributed by atoms with Crippen LogP contribution in [0.1, 0.15) is 39.8 Å². The number of furan rings is 1. The summed E-state index contributed by atoms with van der Waals surface area (Å²) in [5.74, 6) is -1.30. The molecular weight excluding hydrogens is 436 g/mol. The number of hydrogen-bond acceptors (Lipinski definition) is 5. The molecule has 2 aromatic carbocycles. The highest BCUT2D eigenvalue weighted by molar-refractivity contribution is 5.92. The topological polar surface area (TPSA) is 109 Å². The van der Waals surface area contributed by atoms with Gasteiger partial charge in [0.05, 0.1) is 12.5 Å². The Morgan fingerprint density at radius 1 is 1.00 bits per heavy atom. The Balaban J connectivity index is 1.15. The number of hydrogen-bond donors (Lipinski definition) is 2. The van der Waals surface area contributed by atoms with E-state index < -0.39 is 18.0 Å². The summed E-state index contributed by atoms with van der Waals surface area (Å²) in [4.78, 5) is 37.5. The molecule has 2 heterocycles. The van der Waals surface area contributed by atoms with Gasteiger partial charge in [0.1, 0.15) is 12.4 Å². The third-order valence-electron chi connectivity index (χ3n) is 6.45. The summed E-state index contributed by atoms with van der Waals surface area (Å²) < 4.78 is 11.1. The van der Waals surface area contributed by atoms with E-state index in [-0.39, 0.29) is 37.3 Å². The van der Waals surface area contributed by atoms with Crippen molar-refractivity contribution in [2.24, 2.45) is 5.92 Å². The number of aliphatic carboxylic acids is 1. The molecule has 5 rings (SSSR count). The maximum absolute atomic E-state index is 12.5. The first kappa shape index (κ1) is 21.8. The third-order valence-corrected chi connectivity index (χ3v) is 6.45. The number of nitrogens with zero attached hydrogens (tertiary/aromatic N) is 1. The molecule has 1 fully saturated rings. The Kier molecular flexibility index (Phi) is 5.79. The molecule has 0 radical (unpaired) electrons. The lowest BCUT2D eigenvalue weighted by Crippen LogP contribution is -2.29. The van der Waals surface area contributed by atoms with Gasteiger partial charge in [-0.3, -0.25) is 9.59 Å². The lowest BCUT2D eigenvalue weighted by molar-refractivity contribution is -0.141. The number of fused-ring (bicyclic) bond motifs is 3. The zero-order chi connectivity index (χ0) is 23.7. The average molecular weight is 460 g/mol. The van der Waals surface area contributed by atoms with E-state index in [4.69, 9.17) is 14.3 Å². The molecule has 1 saturated heterocycles. The molecule has 1 aromatic heterocycles. The van der Waals surface area contributed by atoms with Crippen molar-refractivity contribution in [2.45, 2.75) is 18.9 Å². The van der Waals surface area contributed by atoms with Crippen molar-refractivity contribution in [3.05, 3.63) is 83.3 Å². The summed E-state index contributed by atoms with van der Waals surface area (Å²) in [5, 5.41) is 11.8. The Morgan fingerprint density at radius 3 is 2.32 bits per heavy atom. The van der Waals surface area contributed by atoms with Gasteiger partial charge in [-0.25, -0.2) is 4.79 Å². The fourth-order valence-electron chi connectivity index (χ4n) is 4.70. The number of alkyl carbamates (subject to hydrolysis) is 1. The highest BCUT2D eigenvalue weighted by Crippen LogP contribution is 2.44.